The molecule has 0 aromatic heterocycles. The number of hydrogen-bond donors (Lipinski definition) is 0. The minimum atomic E-state index is -1.28. The second-order valence-electron chi connectivity index (χ2n) is 6.38. The van der Waals surface area contributed by atoms with Crippen LogP contribution in [-0.2, 0) is 0 Å². The van der Waals surface area contributed by atoms with Crippen LogP contribution in [0.2, 0.25) is 0 Å². The Balaban J connectivity index is 1.77. The van der Waals surface area contributed by atoms with Crippen molar-refractivity contribution in [3.63, 3.8) is 0 Å². The average Bonchev–Trinajstić information content (AvgIpc) is 2.41. The quantitative estimate of drug-likeness (QED) is 0.569. The van der Waals surface area contributed by atoms with Gasteiger partial charge in [0.25, 0.3) is 0 Å². The lowest BCUT2D eigenvalue weighted by Gasteiger charge is -2.30. The van der Waals surface area contributed by atoms with Gasteiger partial charge >= 0.3 is 6.43 Å². The summed E-state index contributed by atoms with van der Waals surface area (Å²) in [6.45, 7) is 0. The monoisotopic (exact) mass is 257 g/mol. The van der Waals surface area contributed by atoms with Gasteiger partial charge in [-0.05, 0) is 37.5 Å². The zero-order valence-corrected chi connectivity index (χ0v) is 11.5. The summed E-state index contributed by atoms with van der Waals surface area (Å²) in [5.74, 6) is 0.642. The van der Waals surface area contributed by atoms with E-state index in [9.17, 15) is 8.78 Å². The molecule has 2 fully saturated rings. The van der Waals surface area contributed by atoms with E-state index in [-0.39, 0.29) is 11.8 Å². The maximum atomic E-state index is 13.2. The summed E-state index contributed by atoms with van der Waals surface area (Å²) in [4.78, 5) is 0. The molecule has 0 heterocycles. The molecule has 0 spiro atoms. The van der Waals surface area contributed by atoms with Gasteiger partial charge in [-0.1, -0.05) is 51.4 Å². The Morgan fingerprint density at radius 2 is 1.39 bits per heavy atom. The number of rotatable bonds is 5. The Morgan fingerprint density at radius 3 is 1.94 bits per heavy atom. The average molecular weight is 257 g/mol. The van der Waals surface area contributed by atoms with E-state index in [0.29, 0.717) is 0 Å². The number of hydrogen-bond acceptors (Lipinski definition) is 0. The Kier molecular flexibility index (Phi) is 5.91. The predicted octanol–water partition coefficient (Wildman–Crippen LogP) is 5.97. The second-order valence-corrected chi connectivity index (χ2v) is 6.38. The van der Waals surface area contributed by atoms with Gasteiger partial charge < -0.3 is 0 Å². The van der Waals surface area contributed by atoms with Crippen LogP contribution in [0.3, 0.4) is 0 Å². The molecule has 0 aliphatic heterocycles. The summed E-state index contributed by atoms with van der Waals surface area (Å²) in [5, 5.41) is 0. The summed E-state index contributed by atoms with van der Waals surface area (Å²) in [6.07, 6.45) is 12.7. The smallest absolute Gasteiger partial charge is 0.200 e. The summed E-state index contributed by atoms with van der Waals surface area (Å²) < 4.78 is 26.3. The Morgan fingerprint density at radius 1 is 0.833 bits per heavy atom. The first-order chi connectivity index (χ1) is 8.77. The van der Waals surface area contributed by atoms with Gasteiger partial charge in [0.1, 0.15) is 0 Å². The Bertz CT molecular complexity index is 215. The van der Waals surface area contributed by atoms with Gasteiger partial charge in [-0.15, -0.1) is 0 Å². The van der Waals surface area contributed by atoms with Crippen LogP contribution >= 0.6 is 0 Å². The van der Waals surface area contributed by atoms with Crippen molar-refractivity contribution in [2.75, 3.05) is 0 Å². The molecule has 0 aromatic carbocycles. The molecule has 2 heteroatoms. The largest absolute Gasteiger partial charge is 0.313 e. The molecule has 0 nitrogen and oxygen atoms in total. The summed E-state index contributed by atoms with van der Waals surface area (Å²) in [7, 11) is 0. The third-order valence-electron chi connectivity index (χ3n) is 5.11. The summed E-state index contributed by atoms with van der Waals surface area (Å²) in [5.41, 5.74) is 0. The van der Waals surface area contributed by atoms with E-state index in [1.54, 1.807) is 0 Å². The van der Waals surface area contributed by atoms with Gasteiger partial charge in [0.05, 0.1) is 0 Å². The number of halogens is 2. The zero-order valence-electron chi connectivity index (χ0n) is 11.5. The van der Waals surface area contributed by atoms with Gasteiger partial charge in [-0.25, -0.2) is 0 Å². The predicted molar refractivity (Wildman–Crippen MR) is 71.3 cm³/mol. The fourth-order valence-corrected chi connectivity index (χ4v) is 3.95. The van der Waals surface area contributed by atoms with E-state index in [2.05, 4.69) is 0 Å². The van der Waals surface area contributed by atoms with Crippen molar-refractivity contribution >= 4 is 0 Å². The highest BCUT2D eigenvalue weighted by atomic mass is 19.3. The van der Waals surface area contributed by atoms with E-state index >= 15 is 0 Å². The molecular formula is C16H27F2. The molecule has 0 N–H and O–H groups in total. The fraction of sp³-hybridized carbons (Fsp3) is 0.938. The van der Waals surface area contributed by atoms with Crippen molar-refractivity contribution in [2.45, 2.75) is 77.0 Å². The molecular weight excluding hydrogens is 230 g/mol. The standard InChI is InChI=1S/C16H27F2/c17-16(18)15(14-9-5-2-6-10-14)12-11-13-7-3-1-4-8-13/h13-15H,1-12H2. The third kappa shape index (κ3) is 4.20. The van der Waals surface area contributed by atoms with E-state index in [0.717, 1.165) is 44.4 Å². The maximum Gasteiger partial charge on any atom is 0.313 e. The van der Waals surface area contributed by atoms with Crippen LogP contribution in [0.5, 0.6) is 0 Å². The lowest BCUT2D eigenvalue weighted by Crippen LogP contribution is -2.22. The minimum Gasteiger partial charge on any atom is -0.200 e. The lowest BCUT2D eigenvalue weighted by atomic mass is 9.76. The first kappa shape index (κ1) is 14.3. The Labute approximate surface area is 111 Å². The molecule has 0 bridgehead atoms. The first-order valence-electron chi connectivity index (χ1n) is 7.95. The highest BCUT2D eigenvalue weighted by Crippen LogP contribution is 2.40. The van der Waals surface area contributed by atoms with Crippen molar-refractivity contribution in [1.29, 1.82) is 0 Å². The normalized spacial score (nSPS) is 25.5. The van der Waals surface area contributed by atoms with Gasteiger partial charge in [0.15, 0.2) is 0 Å². The fourth-order valence-electron chi connectivity index (χ4n) is 3.95. The van der Waals surface area contributed by atoms with Crippen molar-refractivity contribution in [3.05, 3.63) is 6.43 Å². The van der Waals surface area contributed by atoms with E-state index in [1.165, 1.54) is 38.5 Å². The van der Waals surface area contributed by atoms with E-state index < -0.39 is 6.43 Å². The van der Waals surface area contributed by atoms with Gasteiger partial charge in [-0.3, -0.25) is 0 Å². The van der Waals surface area contributed by atoms with Crippen molar-refractivity contribution in [3.8, 4) is 0 Å². The lowest BCUT2D eigenvalue weighted by molar-refractivity contribution is 0.115. The van der Waals surface area contributed by atoms with Crippen LogP contribution < -0.4 is 0 Å². The first-order valence-corrected chi connectivity index (χ1v) is 7.95. The topological polar surface area (TPSA) is 0 Å². The molecule has 1 atom stereocenters. The molecule has 0 aromatic rings. The van der Waals surface area contributed by atoms with Crippen molar-refractivity contribution < 1.29 is 8.78 Å². The van der Waals surface area contributed by atoms with Crippen LogP contribution in [0.1, 0.15) is 77.0 Å². The summed E-state index contributed by atoms with van der Waals surface area (Å²) >= 11 is 0. The molecule has 0 amide bonds. The maximum absolute atomic E-state index is 13.2. The van der Waals surface area contributed by atoms with Crippen LogP contribution in [0.4, 0.5) is 8.78 Å². The molecule has 1 radical (unpaired) electrons. The van der Waals surface area contributed by atoms with Crippen molar-refractivity contribution in [2.24, 2.45) is 17.8 Å². The zero-order chi connectivity index (χ0) is 12.8. The SMILES string of the molecule is F[C](F)C(CCC1CCCCC1)C1CCCCC1. The molecule has 2 aliphatic rings. The van der Waals surface area contributed by atoms with Gasteiger partial charge in [-0.2, -0.15) is 8.78 Å². The second kappa shape index (κ2) is 7.45. The molecule has 18 heavy (non-hydrogen) atoms. The third-order valence-corrected chi connectivity index (χ3v) is 5.11. The molecule has 105 valence electrons. The highest BCUT2D eigenvalue weighted by molar-refractivity contribution is 4.84. The highest BCUT2D eigenvalue weighted by Gasteiger charge is 2.32. The molecule has 2 saturated carbocycles. The van der Waals surface area contributed by atoms with E-state index in [1.807, 2.05) is 0 Å². The molecule has 1 unspecified atom stereocenters. The Hall–Kier alpha value is -0.140. The van der Waals surface area contributed by atoms with Crippen LogP contribution in [0.25, 0.3) is 0 Å². The van der Waals surface area contributed by atoms with Gasteiger partial charge in [0, 0.05) is 5.92 Å². The van der Waals surface area contributed by atoms with E-state index in [4.69, 9.17) is 0 Å². The summed E-state index contributed by atoms with van der Waals surface area (Å²) in [6, 6.07) is 0. The molecule has 0 saturated heterocycles. The molecule has 2 rings (SSSR count). The minimum absolute atomic E-state index is 0.285. The van der Waals surface area contributed by atoms with Crippen LogP contribution in [0.15, 0.2) is 0 Å². The van der Waals surface area contributed by atoms with Crippen molar-refractivity contribution in [1.82, 2.24) is 0 Å². The van der Waals surface area contributed by atoms with Crippen LogP contribution in [-0.4, -0.2) is 0 Å². The molecule has 2 aliphatic carbocycles. The van der Waals surface area contributed by atoms with Crippen LogP contribution in [0, 0.1) is 24.2 Å². The van der Waals surface area contributed by atoms with Gasteiger partial charge in [0.2, 0.25) is 0 Å².